The quantitative estimate of drug-likeness (QED) is 0.796. The molecule has 1 aromatic carbocycles. The molecule has 0 aromatic heterocycles. The summed E-state index contributed by atoms with van der Waals surface area (Å²) in [5.74, 6) is 0.534. The van der Waals surface area contributed by atoms with E-state index in [1.54, 1.807) is 23.1 Å². The third-order valence-corrected chi connectivity index (χ3v) is 3.89. The summed E-state index contributed by atoms with van der Waals surface area (Å²) in [5, 5.41) is 0. The largest absolute Gasteiger partial charge is 0.494 e. The molecule has 4 nitrogen and oxygen atoms in total. The van der Waals surface area contributed by atoms with E-state index >= 15 is 0 Å². The highest BCUT2D eigenvalue weighted by Crippen LogP contribution is 2.36. The molecule has 120 valence electrons. The number of hydrogen-bond donors (Lipinski definition) is 0. The predicted octanol–water partition coefficient (Wildman–Crippen LogP) is 3.68. The number of aryl methyl sites for hydroxylation is 1. The van der Waals surface area contributed by atoms with Crippen molar-refractivity contribution in [3.05, 3.63) is 23.8 Å². The standard InChI is InChI=1S/C15H16F3NO3/c16-15(17,18)6-1-7-21-12-4-5-13-10(8-12)2-3-11-9-22-14(20)19(11)13/h4-5,8,11H,1-3,6-7,9H2/t11-/m0/s1. The van der Waals surface area contributed by atoms with E-state index in [4.69, 9.17) is 9.47 Å². The topological polar surface area (TPSA) is 38.8 Å². The summed E-state index contributed by atoms with van der Waals surface area (Å²) in [7, 11) is 0. The summed E-state index contributed by atoms with van der Waals surface area (Å²) in [4.78, 5) is 13.4. The number of rotatable bonds is 4. The third kappa shape index (κ3) is 3.13. The summed E-state index contributed by atoms with van der Waals surface area (Å²) in [6.45, 7) is 0.431. The smallest absolute Gasteiger partial charge is 0.414 e. The van der Waals surface area contributed by atoms with Gasteiger partial charge in [-0.05, 0) is 43.0 Å². The van der Waals surface area contributed by atoms with E-state index in [2.05, 4.69) is 0 Å². The van der Waals surface area contributed by atoms with Gasteiger partial charge in [-0.1, -0.05) is 0 Å². The van der Waals surface area contributed by atoms with E-state index in [1.807, 2.05) is 0 Å². The van der Waals surface area contributed by atoms with Crippen molar-refractivity contribution in [2.75, 3.05) is 18.1 Å². The van der Waals surface area contributed by atoms with Crippen molar-refractivity contribution >= 4 is 11.8 Å². The maximum absolute atomic E-state index is 12.1. The van der Waals surface area contributed by atoms with Crippen molar-refractivity contribution in [2.45, 2.75) is 37.9 Å². The molecule has 0 unspecified atom stereocenters. The fraction of sp³-hybridized carbons (Fsp3) is 0.533. The first-order valence-electron chi connectivity index (χ1n) is 7.22. The van der Waals surface area contributed by atoms with Gasteiger partial charge in [0.15, 0.2) is 0 Å². The molecule has 1 amide bonds. The van der Waals surface area contributed by atoms with Crippen LogP contribution in [0.4, 0.5) is 23.7 Å². The zero-order chi connectivity index (χ0) is 15.7. The molecule has 2 aliphatic rings. The SMILES string of the molecule is O=C1OC[C@@H]2CCc3cc(OCCCC(F)(F)F)ccc3N12. The summed E-state index contributed by atoms with van der Waals surface area (Å²) < 4.78 is 46.6. The van der Waals surface area contributed by atoms with Crippen molar-refractivity contribution in [1.29, 1.82) is 0 Å². The Labute approximate surface area is 125 Å². The average Bonchev–Trinajstić information content (AvgIpc) is 2.84. The van der Waals surface area contributed by atoms with E-state index in [1.165, 1.54) is 0 Å². The lowest BCUT2D eigenvalue weighted by molar-refractivity contribution is -0.136. The number of halogens is 3. The molecule has 3 rings (SSSR count). The monoisotopic (exact) mass is 315 g/mol. The molecular weight excluding hydrogens is 299 g/mol. The minimum absolute atomic E-state index is 0.0205. The van der Waals surface area contributed by atoms with Gasteiger partial charge in [-0.3, -0.25) is 4.90 Å². The van der Waals surface area contributed by atoms with Gasteiger partial charge in [0, 0.05) is 6.42 Å². The maximum atomic E-state index is 12.1. The fourth-order valence-corrected chi connectivity index (χ4v) is 2.84. The van der Waals surface area contributed by atoms with Crippen LogP contribution in [0.3, 0.4) is 0 Å². The molecule has 1 atom stereocenters. The fourth-order valence-electron chi connectivity index (χ4n) is 2.84. The molecule has 1 saturated heterocycles. The molecule has 7 heteroatoms. The van der Waals surface area contributed by atoms with Gasteiger partial charge in [0.2, 0.25) is 0 Å². The van der Waals surface area contributed by atoms with Crippen LogP contribution < -0.4 is 9.64 Å². The summed E-state index contributed by atoms with van der Waals surface area (Å²) in [6.07, 6.45) is -3.79. The van der Waals surface area contributed by atoms with Gasteiger partial charge in [-0.25, -0.2) is 4.79 Å². The van der Waals surface area contributed by atoms with E-state index in [0.29, 0.717) is 12.4 Å². The number of ether oxygens (including phenoxy) is 2. The highest BCUT2D eigenvalue weighted by Gasteiger charge is 2.38. The van der Waals surface area contributed by atoms with Crippen molar-refractivity contribution in [3.63, 3.8) is 0 Å². The number of fused-ring (bicyclic) bond motifs is 3. The van der Waals surface area contributed by atoms with Gasteiger partial charge in [0.25, 0.3) is 0 Å². The van der Waals surface area contributed by atoms with Crippen LogP contribution in [0.25, 0.3) is 0 Å². The Bertz CT molecular complexity index is 574. The van der Waals surface area contributed by atoms with E-state index < -0.39 is 12.6 Å². The molecule has 0 aliphatic carbocycles. The molecule has 2 heterocycles. The molecule has 0 spiro atoms. The zero-order valence-corrected chi connectivity index (χ0v) is 11.9. The van der Waals surface area contributed by atoms with Crippen molar-refractivity contribution < 1.29 is 27.4 Å². The molecular formula is C15H16F3NO3. The third-order valence-electron chi connectivity index (χ3n) is 3.89. The van der Waals surface area contributed by atoms with Crippen LogP contribution in [0.2, 0.25) is 0 Å². The number of anilines is 1. The van der Waals surface area contributed by atoms with E-state index in [9.17, 15) is 18.0 Å². The van der Waals surface area contributed by atoms with Gasteiger partial charge < -0.3 is 9.47 Å². The second-order valence-electron chi connectivity index (χ2n) is 5.50. The van der Waals surface area contributed by atoms with E-state index in [0.717, 1.165) is 24.1 Å². The Balaban J connectivity index is 1.63. The van der Waals surface area contributed by atoms with Gasteiger partial charge >= 0.3 is 12.3 Å². The number of carbonyl (C=O) groups is 1. The van der Waals surface area contributed by atoms with Crippen LogP contribution in [-0.4, -0.2) is 31.5 Å². The van der Waals surface area contributed by atoms with Gasteiger partial charge in [-0.2, -0.15) is 13.2 Å². The van der Waals surface area contributed by atoms with Crippen LogP contribution in [-0.2, 0) is 11.2 Å². The Hall–Kier alpha value is -1.92. The van der Waals surface area contributed by atoms with Crippen LogP contribution in [0.5, 0.6) is 5.75 Å². The Morgan fingerprint density at radius 3 is 2.95 bits per heavy atom. The lowest BCUT2D eigenvalue weighted by Crippen LogP contribution is -2.37. The first-order chi connectivity index (χ1) is 10.4. The normalized spacial score (nSPS) is 20.4. The number of alkyl halides is 3. The Kier molecular flexibility index (Phi) is 3.88. The lowest BCUT2D eigenvalue weighted by atomic mass is 9.97. The van der Waals surface area contributed by atoms with Gasteiger partial charge in [0.1, 0.15) is 12.4 Å². The molecule has 22 heavy (non-hydrogen) atoms. The number of nitrogens with zero attached hydrogens (tertiary/aromatic N) is 1. The molecule has 2 aliphatic heterocycles. The predicted molar refractivity (Wildman–Crippen MR) is 73.2 cm³/mol. The number of amides is 1. The minimum Gasteiger partial charge on any atom is -0.494 e. The first kappa shape index (κ1) is 15.0. The maximum Gasteiger partial charge on any atom is 0.414 e. The van der Waals surface area contributed by atoms with Gasteiger partial charge in [0.05, 0.1) is 18.3 Å². The highest BCUT2D eigenvalue weighted by molar-refractivity contribution is 5.92. The lowest BCUT2D eigenvalue weighted by Gasteiger charge is -2.29. The molecule has 0 saturated carbocycles. The molecule has 0 radical (unpaired) electrons. The zero-order valence-electron chi connectivity index (χ0n) is 11.9. The number of benzene rings is 1. The number of carbonyl (C=O) groups excluding carboxylic acids is 1. The summed E-state index contributed by atoms with van der Waals surface area (Å²) in [6, 6.07) is 5.33. The Morgan fingerprint density at radius 2 is 2.18 bits per heavy atom. The van der Waals surface area contributed by atoms with Crippen molar-refractivity contribution in [3.8, 4) is 5.75 Å². The second kappa shape index (κ2) is 5.70. The molecule has 1 aromatic rings. The molecule has 1 fully saturated rings. The second-order valence-corrected chi connectivity index (χ2v) is 5.50. The van der Waals surface area contributed by atoms with Gasteiger partial charge in [-0.15, -0.1) is 0 Å². The molecule has 0 N–H and O–H groups in total. The summed E-state index contributed by atoms with van der Waals surface area (Å²) >= 11 is 0. The van der Waals surface area contributed by atoms with Crippen LogP contribution >= 0.6 is 0 Å². The summed E-state index contributed by atoms with van der Waals surface area (Å²) in [5.41, 5.74) is 1.77. The van der Waals surface area contributed by atoms with Crippen LogP contribution in [0, 0.1) is 0 Å². The van der Waals surface area contributed by atoms with Crippen molar-refractivity contribution in [1.82, 2.24) is 0 Å². The minimum atomic E-state index is -4.15. The van der Waals surface area contributed by atoms with E-state index in [-0.39, 0.29) is 25.2 Å². The average molecular weight is 315 g/mol. The Morgan fingerprint density at radius 1 is 1.36 bits per heavy atom. The molecule has 0 bridgehead atoms. The van der Waals surface area contributed by atoms with Crippen molar-refractivity contribution in [2.24, 2.45) is 0 Å². The van der Waals surface area contributed by atoms with Crippen LogP contribution in [0.1, 0.15) is 24.8 Å². The number of hydrogen-bond acceptors (Lipinski definition) is 3. The number of cyclic esters (lactones) is 1. The van der Waals surface area contributed by atoms with Crippen LogP contribution in [0.15, 0.2) is 18.2 Å². The highest BCUT2D eigenvalue weighted by atomic mass is 19.4. The first-order valence-corrected chi connectivity index (χ1v) is 7.22.